The second-order valence-electron chi connectivity index (χ2n) is 10.9. The van der Waals surface area contributed by atoms with Gasteiger partial charge in [-0.2, -0.15) is 0 Å². The lowest BCUT2D eigenvalue weighted by Gasteiger charge is -2.51. The minimum absolute atomic E-state index is 0.0191. The molecule has 2 bridgehead atoms. The number of nitrogens with one attached hydrogen (secondary N) is 1. The summed E-state index contributed by atoms with van der Waals surface area (Å²) in [5.41, 5.74) is -1.77. The van der Waals surface area contributed by atoms with Crippen LogP contribution in [-0.2, 0) is 20.9 Å². The Bertz CT molecular complexity index is 1240. The van der Waals surface area contributed by atoms with Crippen LogP contribution in [0.25, 0.3) is 5.57 Å². The molecule has 0 aliphatic heterocycles. The van der Waals surface area contributed by atoms with Gasteiger partial charge < -0.3 is 24.3 Å². The summed E-state index contributed by atoms with van der Waals surface area (Å²) in [6.07, 6.45) is -2.83. The maximum absolute atomic E-state index is 13.4. The predicted octanol–water partition coefficient (Wildman–Crippen LogP) is 6.56. The highest BCUT2D eigenvalue weighted by Gasteiger charge is 2.55. The van der Waals surface area contributed by atoms with Crippen LogP contribution in [0.2, 0.25) is 0 Å². The van der Waals surface area contributed by atoms with Crippen LogP contribution in [0.3, 0.4) is 0 Å². The van der Waals surface area contributed by atoms with Gasteiger partial charge in [0, 0.05) is 5.56 Å². The van der Waals surface area contributed by atoms with Crippen LogP contribution >= 0.6 is 0 Å². The lowest BCUT2D eigenvalue weighted by atomic mass is 9.57. The number of halogens is 3. The summed E-state index contributed by atoms with van der Waals surface area (Å²) in [6.45, 7) is 5.28. The first kappa shape index (κ1) is 28.3. The molecule has 0 aromatic heterocycles. The molecule has 210 valence electrons. The van der Waals surface area contributed by atoms with E-state index in [1.54, 1.807) is 26.8 Å². The van der Waals surface area contributed by atoms with Crippen molar-refractivity contribution in [2.24, 2.45) is 5.41 Å². The molecule has 39 heavy (non-hydrogen) atoms. The van der Waals surface area contributed by atoms with E-state index in [0.717, 1.165) is 11.6 Å². The molecule has 2 aromatic rings. The molecule has 1 fully saturated rings. The summed E-state index contributed by atoms with van der Waals surface area (Å²) in [4.78, 5) is 26.4. The quantitative estimate of drug-likeness (QED) is 0.396. The molecule has 7 nitrogen and oxygen atoms in total. The molecule has 0 heterocycles. The molecule has 3 aliphatic carbocycles. The molecule has 0 saturated heterocycles. The van der Waals surface area contributed by atoms with Crippen LogP contribution in [0, 0.1) is 5.41 Å². The Morgan fingerprint density at radius 1 is 0.974 bits per heavy atom. The molecule has 2 aromatic carbocycles. The van der Waals surface area contributed by atoms with Gasteiger partial charge in [-0.05, 0) is 75.8 Å². The number of hydrogen-bond donors (Lipinski definition) is 1. The third-order valence-corrected chi connectivity index (χ3v) is 6.99. The largest absolute Gasteiger partial charge is 0.573 e. The zero-order chi connectivity index (χ0) is 28.5. The summed E-state index contributed by atoms with van der Waals surface area (Å²) in [6, 6.07) is 13.0. The first-order chi connectivity index (χ1) is 18.2. The SMILES string of the molecule is COc1ccc(OC(F)(F)F)c(C2=CC3(C(=O)OC(C)(C)C)CCC2(NC(=O)OCc2ccccc2)CC3)c1. The van der Waals surface area contributed by atoms with E-state index in [2.05, 4.69) is 10.1 Å². The number of alkyl carbamates (subject to hydrolysis) is 1. The van der Waals surface area contributed by atoms with Crippen LogP contribution in [-0.4, -0.2) is 36.7 Å². The number of rotatable bonds is 7. The molecular weight excluding hydrogens is 515 g/mol. The number of alkyl halides is 3. The van der Waals surface area contributed by atoms with Gasteiger partial charge in [0.1, 0.15) is 23.7 Å². The number of carbonyl (C=O) groups excluding carboxylic acids is 2. The lowest BCUT2D eigenvalue weighted by molar-refractivity contribution is -0.274. The van der Waals surface area contributed by atoms with Crippen LogP contribution < -0.4 is 14.8 Å². The molecule has 0 atom stereocenters. The van der Waals surface area contributed by atoms with Crippen molar-refractivity contribution in [2.45, 2.75) is 70.6 Å². The van der Waals surface area contributed by atoms with E-state index in [1.165, 1.54) is 19.2 Å². The van der Waals surface area contributed by atoms with Gasteiger partial charge in [-0.15, -0.1) is 13.2 Å². The Balaban J connectivity index is 1.75. The first-order valence-electron chi connectivity index (χ1n) is 12.6. The average molecular weight is 548 g/mol. The fourth-order valence-electron chi connectivity index (χ4n) is 5.14. The zero-order valence-corrected chi connectivity index (χ0v) is 22.3. The Hall–Kier alpha value is -3.69. The summed E-state index contributed by atoms with van der Waals surface area (Å²) < 4.78 is 60.9. The van der Waals surface area contributed by atoms with E-state index in [-0.39, 0.29) is 30.8 Å². The number of amides is 1. The second kappa shape index (κ2) is 10.5. The van der Waals surface area contributed by atoms with Crippen molar-refractivity contribution in [3.8, 4) is 11.5 Å². The third-order valence-electron chi connectivity index (χ3n) is 6.99. The summed E-state index contributed by atoms with van der Waals surface area (Å²) in [5, 5.41) is 2.91. The number of methoxy groups -OCH3 is 1. The van der Waals surface area contributed by atoms with Gasteiger partial charge in [0.2, 0.25) is 0 Å². The molecule has 1 saturated carbocycles. The highest BCUT2D eigenvalue weighted by Crippen LogP contribution is 2.56. The lowest BCUT2D eigenvalue weighted by Crippen LogP contribution is -2.58. The van der Waals surface area contributed by atoms with Crippen LogP contribution in [0.4, 0.5) is 18.0 Å². The average Bonchev–Trinajstić information content (AvgIpc) is 2.87. The van der Waals surface area contributed by atoms with Crippen LogP contribution in [0.15, 0.2) is 54.6 Å². The zero-order valence-electron chi connectivity index (χ0n) is 22.3. The van der Waals surface area contributed by atoms with Crippen LogP contribution in [0.1, 0.15) is 57.6 Å². The minimum atomic E-state index is -4.96. The Morgan fingerprint density at radius 2 is 1.64 bits per heavy atom. The maximum Gasteiger partial charge on any atom is 0.573 e. The smallest absolute Gasteiger partial charge is 0.497 e. The highest BCUT2D eigenvalue weighted by atomic mass is 19.4. The number of benzene rings is 2. The second-order valence-corrected chi connectivity index (χ2v) is 10.9. The molecule has 10 heteroatoms. The third kappa shape index (κ3) is 6.49. The topological polar surface area (TPSA) is 83.1 Å². The molecule has 0 spiro atoms. The van der Waals surface area contributed by atoms with Gasteiger partial charge in [-0.1, -0.05) is 36.4 Å². The molecule has 0 unspecified atom stereocenters. The molecule has 5 rings (SSSR count). The molecular formula is C29H32F3NO6. The molecule has 1 amide bonds. The number of ether oxygens (including phenoxy) is 4. The van der Waals surface area contributed by atoms with Crippen molar-refractivity contribution in [3.05, 3.63) is 65.7 Å². The first-order valence-corrected chi connectivity index (χ1v) is 12.6. The number of carbonyl (C=O) groups is 2. The van der Waals surface area contributed by atoms with Crippen LogP contribution in [0.5, 0.6) is 11.5 Å². The molecule has 0 radical (unpaired) electrons. The van der Waals surface area contributed by atoms with E-state index in [9.17, 15) is 22.8 Å². The van der Waals surface area contributed by atoms with E-state index in [4.69, 9.17) is 14.2 Å². The summed E-state index contributed by atoms with van der Waals surface area (Å²) >= 11 is 0. The fourth-order valence-corrected chi connectivity index (χ4v) is 5.14. The number of fused-ring (bicyclic) bond motifs is 2. The Morgan fingerprint density at radius 3 is 2.23 bits per heavy atom. The fraction of sp³-hybridized carbons (Fsp3) is 0.448. The van der Waals surface area contributed by atoms with Crippen molar-refractivity contribution in [1.82, 2.24) is 5.32 Å². The van der Waals surface area contributed by atoms with Crippen molar-refractivity contribution >= 4 is 17.6 Å². The number of hydrogen-bond acceptors (Lipinski definition) is 6. The van der Waals surface area contributed by atoms with Gasteiger partial charge in [0.05, 0.1) is 18.1 Å². The summed E-state index contributed by atoms with van der Waals surface area (Å²) in [5.74, 6) is -0.649. The van der Waals surface area contributed by atoms with Crippen molar-refractivity contribution in [3.63, 3.8) is 0 Å². The van der Waals surface area contributed by atoms with E-state index >= 15 is 0 Å². The standard InChI is InChI=1S/C29H32F3NO6/c1-26(2,3)39-24(34)27-12-14-28(15-13-27,33-25(35)37-18-19-8-6-5-7-9-19)22(17-27)21-16-20(36-4)10-11-23(21)38-29(30,31)32/h5-11,16-17H,12-15,18H2,1-4H3,(H,33,35). The summed E-state index contributed by atoms with van der Waals surface area (Å²) in [7, 11) is 1.39. The molecule has 1 N–H and O–H groups in total. The van der Waals surface area contributed by atoms with Crippen molar-refractivity contribution in [2.75, 3.05) is 7.11 Å². The van der Waals surface area contributed by atoms with E-state index in [0.29, 0.717) is 18.4 Å². The molecule has 3 aliphatic rings. The minimum Gasteiger partial charge on any atom is -0.497 e. The van der Waals surface area contributed by atoms with E-state index < -0.39 is 40.7 Å². The van der Waals surface area contributed by atoms with Crippen molar-refractivity contribution < 1.29 is 41.7 Å². The maximum atomic E-state index is 13.4. The number of esters is 1. The monoisotopic (exact) mass is 547 g/mol. The normalized spacial score (nSPS) is 22.5. The Kier molecular flexibility index (Phi) is 7.60. The van der Waals surface area contributed by atoms with Gasteiger partial charge in [0.25, 0.3) is 0 Å². The van der Waals surface area contributed by atoms with Gasteiger partial charge in [-0.3, -0.25) is 4.79 Å². The van der Waals surface area contributed by atoms with Gasteiger partial charge in [0.15, 0.2) is 0 Å². The van der Waals surface area contributed by atoms with Gasteiger partial charge in [-0.25, -0.2) is 4.79 Å². The van der Waals surface area contributed by atoms with Gasteiger partial charge >= 0.3 is 18.4 Å². The highest BCUT2D eigenvalue weighted by molar-refractivity contribution is 5.90. The predicted molar refractivity (Wildman–Crippen MR) is 137 cm³/mol. The van der Waals surface area contributed by atoms with Crippen molar-refractivity contribution in [1.29, 1.82) is 0 Å². The van der Waals surface area contributed by atoms with E-state index in [1.807, 2.05) is 30.3 Å². The Labute approximate surface area is 225 Å².